The van der Waals surface area contributed by atoms with E-state index in [0.29, 0.717) is 29.6 Å². The van der Waals surface area contributed by atoms with Gasteiger partial charge < -0.3 is 15.3 Å². The Morgan fingerprint density at radius 2 is 2.14 bits per heavy atom. The van der Waals surface area contributed by atoms with Crippen molar-refractivity contribution in [3.8, 4) is 11.3 Å². The summed E-state index contributed by atoms with van der Waals surface area (Å²) in [7, 11) is 0. The molecule has 0 aliphatic heterocycles. The number of carboxylic acid groups (broad SMARTS) is 1. The summed E-state index contributed by atoms with van der Waals surface area (Å²) in [6.07, 6.45) is 1.98. The van der Waals surface area contributed by atoms with Gasteiger partial charge in [-0.1, -0.05) is 0 Å². The van der Waals surface area contributed by atoms with E-state index in [1.807, 2.05) is 0 Å². The van der Waals surface area contributed by atoms with Crippen LogP contribution < -0.4 is 5.73 Å². The molecule has 21 heavy (non-hydrogen) atoms. The fraction of sp³-hybridized carbons (Fsp3) is 0.286. The Morgan fingerprint density at radius 1 is 1.43 bits per heavy atom. The Balaban J connectivity index is 1.83. The van der Waals surface area contributed by atoms with Gasteiger partial charge in [0.05, 0.1) is 11.9 Å². The number of halogens is 1. The summed E-state index contributed by atoms with van der Waals surface area (Å²) in [5.41, 5.74) is 6.16. The van der Waals surface area contributed by atoms with Crippen LogP contribution in [-0.4, -0.2) is 27.9 Å². The summed E-state index contributed by atoms with van der Waals surface area (Å²) >= 11 is 1.50. The molecule has 2 aromatic rings. The number of carboxylic acids is 1. The molecule has 0 aliphatic rings. The van der Waals surface area contributed by atoms with Crippen LogP contribution >= 0.6 is 11.8 Å². The standard InChI is InChI=1S/C14H15FN2O3S/c15-10-3-1-9(2-4-10)12-7-17-13(20-12)8-21-6-5-11(16)14(18)19/h1-4,7,11H,5-6,8,16H2,(H,18,19). The fourth-order valence-electron chi connectivity index (χ4n) is 1.62. The van der Waals surface area contributed by atoms with Gasteiger partial charge in [0.2, 0.25) is 5.89 Å². The zero-order valence-corrected chi connectivity index (χ0v) is 12.0. The van der Waals surface area contributed by atoms with Gasteiger partial charge in [0, 0.05) is 5.56 Å². The number of aliphatic carboxylic acids is 1. The Bertz CT molecular complexity index is 601. The number of carbonyl (C=O) groups is 1. The molecule has 1 aromatic heterocycles. The molecule has 1 unspecified atom stereocenters. The van der Waals surface area contributed by atoms with Gasteiger partial charge in [0.1, 0.15) is 11.9 Å². The minimum atomic E-state index is -0.995. The summed E-state index contributed by atoms with van der Waals surface area (Å²) in [5.74, 6) is 0.972. The molecule has 0 radical (unpaired) electrons. The number of hydrogen-bond acceptors (Lipinski definition) is 5. The van der Waals surface area contributed by atoms with Gasteiger partial charge in [-0.2, -0.15) is 11.8 Å². The van der Waals surface area contributed by atoms with E-state index in [4.69, 9.17) is 15.3 Å². The topological polar surface area (TPSA) is 89.4 Å². The first-order valence-corrected chi connectivity index (χ1v) is 7.48. The smallest absolute Gasteiger partial charge is 0.320 e. The number of aromatic nitrogens is 1. The maximum Gasteiger partial charge on any atom is 0.320 e. The monoisotopic (exact) mass is 310 g/mol. The van der Waals surface area contributed by atoms with Crippen molar-refractivity contribution in [3.63, 3.8) is 0 Å². The summed E-state index contributed by atoms with van der Waals surface area (Å²) in [5, 5.41) is 8.66. The van der Waals surface area contributed by atoms with Gasteiger partial charge in [-0.05, 0) is 36.4 Å². The molecule has 1 heterocycles. The van der Waals surface area contributed by atoms with Gasteiger partial charge >= 0.3 is 5.97 Å². The van der Waals surface area contributed by atoms with Crippen molar-refractivity contribution in [2.45, 2.75) is 18.2 Å². The Labute approximate surface area is 125 Å². The molecule has 3 N–H and O–H groups in total. The first-order valence-electron chi connectivity index (χ1n) is 6.33. The number of oxazole rings is 1. The molecular formula is C14H15FN2O3S. The average Bonchev–Trinajstić information content (AvgIpc) is 2.93. The molecule has 0 saturated heterocycles. The van der Waals surface area contributed by atoms with E-state index in [9.17, 15) is 9.18 Å². The van der Waals surface area contributed by atoms with Crippen molar-refractivity contribution in [1.29, 1.82) is 0 Å². The van der Waals surface area contributed by atoms with Crippen molar-refractivity contribution in [2.75, 3.05) is 5.75 Å². The maximum absolute atomic E-state index is 12.8. The molecule has 7 heteroatoms. The van der Waals surface area contributed by atoms with Gasteiger partial charge in [-0.15, -0.1) is 0 Å². The predicted molar refractivity (Wildman–Crippen MR) is 78.3 cm³/mol. The molecule has 2 rings (SSSR count). The van der Waals surface area contributed by atoms with Crippen molar-refractivity contribution >= 4 is 17.7 Å². The van der Waals surface area contributed by atoms with Gasteiger partial charge in [-0.25, -0.2) is 9.37 Å². The fourth-order valence-corrected chi connectivity index (χ4v) is 2.49. The van der Waals surface area contributed by atoms with Crippen molar-refractivity contribution in [3.05, 3.63) is 42.2 Å². The van der Waals surface area contributed by atoms with Gasteiger partial charge in [0.25, 0.3) is 0 Å². The van der Waals surface area contributed by atoms with Crippen LogP contribution in [0.2, 0.25) is 0 Å². The molecule has 112 valence electrons. The van der Waals surface area contributed by atoms with Crippen LogP contribution in [-0.2, 0) is 10.5 Å². The van der Waals surface area contributed by atoms with Crippen molar-refractivity contribution < 1.29 is 18.7 Å². The number of nitrogens with zero attached hydrogens (tertiary/aromatic N) is 1. The summed E-state index contributed by atoms with van der Waals surface area (Å²) in [4.78, 5) is 14.7. The quantitative estimate of drug-likeness (QED) is 0.764. The van der Waals surface area contributed by atoms with Crippen LogP contribution in [0, 0.1) is 5.82 Å². The highest BCUT2D eigenvalue weighted by molar-refractivity contribution is 7.98. The molecule has 0 fully saturated rings. The molecule has 0 amide bonds. The second kappa shape index (κ2) is 7.24. The van der Waals surface area contributed by atoms with E-state index in [0.717, 1.165) is 5.56 Å². The summed E-state index contributed by atoms with van der Waals surface area (Å²) in [6.45, 7) is 0. The number of benzene rings is 1. The van der Waals surface area contributed by atoms with Crippen LogP contribution in [0.3, 0.4) is 0 Å². The molecular weight excluding hydrogens is 295 g/mol. The molecule has 1 atom stereocenters. The molecule has 0 saturated carbocycles. The minimum absolute atomic E-state index is 0.302. The Hall–Kier alpha value is -1.86. The number of hydrogen-bond donors (Lipinski definition) is 2. The third-order valence-electron chi connectivity index (χ3n) is 2.80. The zero-order valence-electron chi connectivity index (χ0n) is 11.2. The third kappa shape index (κ3) is 4.57. The van der Waals surface area contributed by atoms with E-state index >= 15 is 0 Å². The summed E-state index contributed by atoms with van der Waals surface area (Å²) in [6, 6.07) is 5.13. The maximum atomic E-state index is 12.8. The molecule has 0 aliphatic carbocycles. The van der Waals surface area contributed by atoms with Crippen LogP contribution in [0.4, 0.5) is 4.39 Å². The summed E-state index contributed by atoms with van der Waals surface area (Å²) < 4.78 is 18.4. The average molecular weight is 310 g/mol. The molecule has 0 spiro atoms. The highest BCUT2D eigenvalue weighted by Crippen LogP contribution is 2.22. The van der Waals surface area contributed by atoms with Crippen LogP contribution in [0.5, 0.6) is 0 Å². The van der Waals surface area contributed by atoms with Crippen LogP contribution in [0.15, 0.2) is 34.9 Å². The Morgan fingerprint density at radius 3 is 2.81 bits per heavy atom. The minimum Gasteiger partial charge on any atom is -0.480 e. The Kier molecular flexibility index (Phi) is 5.35. The number of nitrogens with two attached hydrogens (primary N) is 1. The van der Waals surface area contributed by atoms with Gasteiger partial charge in [0.15, 0.2) is 5.76 Å². The van der Waals surface area contributed by atoms with Crippen molar-refractivity contribution in [2.24, 2.45) is 5.73 Å². The zero-order chi connectivity index (χ0) is 15.2. The highest BCUT2D eigenvalue weighted by Gasteiger charge is 2.11. The second-order valence-corrected chi connectivity index (χ2v) is 5.52. The van der Waals surface area contributed by atoms with E-state index in [-0.39, 0.29) is 5.82 Å². The first-order chi connectivity index (χ1) is 10.1. The van der Waals surface area contributed by atoms with Crippen LogP contribution in [0.1, 0.15) is 12.3 Å². The SMILES string of the molecule is NC(CCSCc1ncc(-c2ccc(F)cc2)o1)C(=O)O. The normalized spacial score (nSPS) is 12.3. The highest BCUT2D eigenvalue weighted by atomic mass is 32.2. The molecule has 5 nitrogen and oxygen atoms in total. The van der Waals surface area contributed by atoms with E-state index in [1.165, 1.54) is 23.9 Å². The van der Waals surface area contributed by atoms with E-state index in [1.54, 1.807) is 18.3 Å². The lowest BCUT2D eigenvalue weighted by Gasteiger charge is -2.04. The molecule has 0 bridgehead atoms. The third-order valence-corrected chi connectivity index (χ3v) is 3.77. The largest absolute Gasteiger partial charge is 0.480 e. The first kappa shape index (κ1) is 15.5. The second-order valence-electron chi connectivity index (χ2n) is 4.41. The number of rotatable bonds is 7. The van der Waals surface area contributed by atoms with Crippen molar-refractivity contribution in [1.82, 2.24) is 4.98 Å². The number of thioether (sulfide) groups is 1. The van der Waals surface area contributed by atoms with E-state index in [2.05, 4.69) is 4.98 Å². The van der Waals surface area contributed by atoms with E-state index < -0.39 is 12.0 Å². The molecule has 1 aromatic carbocycles. The lowest BCUT2D eigenvalue weighted by Crippen LogP contribution is -2.30. The lowest BCUT2D eigenvalue weighted by molar-refractivity contribution is -0.138. The predicted octanol–water partition coefficient (Wildman–Crippen LogP) is 2.52. The lowest BCUT2D eigenvalue weighted by atomic mass is 10.2. The van der Waals surface area contributed by atoms with Gasteiger partial charge in [-0.3, -0.25) is 4.79 Å². The van der Waals surface area contributed by atoms with Crippen LogP contribution in [0.25, 0.3) is 11.3 Å².